The number of hydrogen-bond acceptors (Lipinski definition) is 4. The Morgan fingerprint density at radius 1 is 1.38 bits per heavy atom. The standard InChI is InChI=1S/C14H25N3O3S/c1-5-6-7-9-16(4)21(19,20)14-12(2)15-17(13(14)3)10-8-11-18/h5,18H,1,6-11H2,2-4H3. The summed E-state index contributed by atoms with van der Waals surface area (Å²) in [5, 5.41) is 13.2. The number of aliphatic hydroxyl groups is 1. The van der Waals surface area contributed by atoms with Crippen molar-refractivity contribution in [1.82, 2.24) is 14.1 Å². The monoisotopic (exact) mass is 315 g/mol. The molecule has 0 saturated heterocycles. The SMILES string of the molecule is C=CCCCN(C)S(=O)(=O)c1c(C)nn(CCCO)c1C. The average molecular weight is 315 g/mol. The van der Waals surface area contributed by atoms with Gasteiger partial charge in [-0.2, -0.15) is 5.10 Å². The quantitative estimate of drug-likeness (QED) is 0.553. The lowest BCUT2D eigenvalue weighted by molar-refractivity contribution is 0.276. The number of aromatic nitrogens is 2. The normalized spacial score (nSPS) is 12.0. The van der Waals surface area contributed by atoms with E-state index in [-0.39, 0.29) is 11.5 Å². The topological polar surface area (TPSA) is 75.4 Å². The van der Waals surface area contributed by atoms with E-state index in [1.165, 1.54) is 4.31 Å². The minimum atomic E-state index is -3.53. The van der Waals surface area contributed by atoms with Gasteiger partial charge in [0.2, 0.25) is 10.0 Å². The summed E-state index contributed by atoms with van der Waals surface area (Å²) in [4.78, 5) is 0.279. The van der Waals surface area contributed by atoms with Crippen molar-refractivity contribution in [2.24, 2.45) is 0 Å². The number of rotatable bonds is 9. The van der Waals surface area contributed by atoms with Crippen molar-refractivity contribution in [3.05, 3.63) is 24.0 Å². The van der Waals surface area contributed by atoms with Gasteiger partial charge in [-0.15, -0.1) is 6.58 Å². The first-order valence-corrected chi connectivity index (χ1v) is 8.52. The van der Waals surface area contributed by atoms with Crippen molar-refractivity contribution in [3.8, 4) is 0 Å². The fourth-order valence-corrected chi connectivity index (χ4v) is 3.80. The molecule has 21 heavy (non-hydrogen) atoms. The number of sulfonamides is 1. The molecule has 0 aliphatic heterocycles. The first-order chi connectivity index (χ1) is 9.86. The number of aryl methyl sites for hydroxylation is 2. The minimum absolute atomic E-state index is 0.0574. The molecular weight excluding hydrogens is 290 g/mol. The Bertz CT molecular complexity index is 579. The number of aliphatic hydroxyl groups excluding tert-OH is 1. The van der Waals surface area contributed by atoms with Gasteiger partial charge in [-0.3, -0.25) is 4.68 Å². The number of allylic oxidation sites excluding steroid dienone is 1. The molecule has 0 amide bonds. The van der Waals surface area contributed by atoms with Crippen molar-refractivity contribution in [2.45, 2.75) is 44.6 Å². The number of nitrogens with zero attached hydrogens (tertiary/aromatic N) is 3. The van der Waals surface area contributed by atoms with E-state index < -0.39 is 10.0 Å². The van der Waals surface area contributed by atoms with Gasteiger partial charge < -0.3 is 5.11 Å². The van der Waals surface area contributed by atoms with E-state index in [4.69, 9.17) is 5.11 Å². The molecule has 0 atom stereocenters. The highest BCUT2D eigenvalue weighted by Gasteiger charge is 2.28. The molecule has 0 aromatic carbocycles. The lowest BCUT2D eigenvalue weighted by Crippen LogP contribution is -2.28. The molecule has 1 aromatic rings. The molecule has 0 aliphatic rings. The van der Waals surface area contributed by atoms with Gasteiger partial charge in [0.1, 0.15) is 4.90 Å². The number of hydrogen-bond donors (Lipinski definition) is 1. The second-order valence-electron chi connectivity index (χ2n) is 5.06. The van der Waals surface area contributed by atoms with Gasteiger partial charge in [-0.1, -0.05) is 6.08 Å². The van der Waals surface area contributed by atoms with Crippen LogP contribution >= 0.6 is 0 Å². The molecule has 1 N–H and O–H groups in total. The van der Waals surface area contributed by atoms with Crippen LogP contribution in [-0.2, 0) is 16.6 Å². The largest absolute Gasteiger partial charge is 0.396 e. The summed E-state index contributed by atoms with van der Waals surface area (Å²) < 4.78 is 28.3. The molecule has 1 heterocycles. The third-order valence-electron chi connectivity index (χ3n) is 3.39. The van der Waals surface area contributed by atoms with Crippen molar-refractivity contribution < 1.29 is 13.5 Å². The smallest absolute Gasteiger partial charge is 0.246 e. The zero-order valence-corrected chi connectivity index (χ0v) is 13.9. The van der Waals surface area contributed by atoms with Gasteiger partial charge in [0.25, 0.3) is 0 Å². The van der Waals surface area contributed by atoms with Gasteiger partial charge in [0, 0.05) is 26.7 Å². The maximum absolute atomic E-state index is 12.7. The summed E-state index contributed by atoms with van der Waals surface area (Å²) in [6.45, 7) is 8.11. The average Bonchev–Trinajstić information content (AvgIpc) is 2.71. The van der Waals surface area contributed by atoms with E-state index in [0.717, 1.165) is 12.8 Å². The van der Waals surface area contributed by atoms with Crippen molar-refractivity contribution in [1.29, 1.82) is 0 Å². The molecule has 1 aromatic heterocycles. The molecule has 0 radical (unpaired) electrons. The lowest BCUT2D eigenvalue weighted by atomic mass is 10.3. The van der Waals surface area contributed by atoms with Crippen LogP contribution in [0.3, 0.4) is 0 Å². The number of unbranched alkanes of at least 4 members (excludes halogenated alkanes) is 1. The molecular formula is C14H25N3O3S. The molecule has 7 heteroatoms. The molecule has 6 nitrogen and oxygen atoms in total. The Morgan fingerprint density at radius 2 is 2.05 bits per heavy atom. The Kier molecular flexibility index (Phi) is 6.57. The predicted molar refractivity (Wildman–Crippen MR) is 82.7 cm³/mol. The zero-order chi connectivity index (χ0) is 16.0. The van der Waals surface area contributed by atoms with Crippen LogP contribution in [0, 0.1) is 13.8 Å². The van der Waals surface area contributed by atoms with Crippen molar-refractivity contribution in [2.75, 3.05) is 20.2 Å². The van der Waals surface area contributed by atoms with E-state index >= 15 is 0 Å². The fourth-order valence-electron chi connectivity index (χ4n) is 2.23. The highest BCUT2D eigenvalue weighted by Crippen LogP contribution is 2.23. The van der Waals surface area contributed by atoms with E-state index in [2.05, 4.69) is 11.7 Å². The van der Waals surface area contributed by atoms with Gasteiger partial charge in [0.05, 0.1) is 11.4 Å². The summed E-state index contributed by atoms with van der Waals surface area (Å²) >= 11 is 0. The fraction of sp³-hybridized carbons (Fsp3) is 0.643. The first kappa shape index (κ1) is 17.9. The predicted octanol–water partition coefficient (Wildman–Crippen LogP) is 1.47. The van der Waals surface area contributed by atoms with E-state index in [0.29, 0.717) is 30.9 Å². The molecule has 0 spiro atoms. The molecule has 0 bridgehead atoms. The van der Waals surface area contributed by atoms with Crippen LogP contribution in [0.2, 0.25) is 0 Å². The van der Waals surface area contributed by atoms with Crippen LogP contribution in [0.5, 0.6) is 0 Å². The van der Waals surface area contributed by atoms with Gasteiger partial charge in [0.15, 0.2) is 0 Å². The Morgan fingerprint density at radius 3 is 2.62 bits per heavy atom. The Balaban J connectivity index is 3.02. The lowest BCUT2D eigenvalue weighted by Gasteiger charge is -2.17. The maximum Gasteiger partial charge on any atom is 0.246 e. The van der Waals surface area contributed by atoms with Gasteiger partial charge in [-0.05, 0) is 33.1 Å². The summed E-state index contributed by atoms with van der Waals surface area (Å²) in [7, 11) is -1.95. The molecule has 120 valence electrons. The molecule has 0 aliphatic carbocycles. The second kappa shape index (κ2) is 7.72. The van der Waals surface area contributed by atoms with Crippen LogP contribution in [0.15, 0.2) is 17.6 Å². The van der Waals surface area contributed by atoms with Gasteiger partial charge >= 0.3 is 0 Å². The third kappa shape index (κ3) is 4.15. The minimum Gasteiger partial charge on any atom is -0.396 e. The van der Waals surface area contributed by atoms with E-state index in [9.17, 15) is 8.42 Å². The van der Waals surface area contributed by atoms with Gasteiger partial charge in [-0.25, -0.2) is 12.7 Å². The molecule has 1 rings (SSSR count). The summed E-state index contributed by atoms with van der Waals surface area (Å²) in [5.74, 6) is 0. The van der Waals surface area contributed by atoms with E-state index in [1.807, 2.05) is 0 Å². The van der Waals surface area contributed by atoms with Crippen LogP contribution < -0.4 is 0 Å². The highest BCUT2D eigenvalue weighted by atomic mass is 32.2. The second-order valence-corrected chi connectivity index (χ2v) is 7.04. The maximum atomic E-state index is 12.7. The third-order valence-corrected chi connectivity index (χ3v) is 5.50. The van der Waals surface area contributed by atoms with Crippen LogP contribution in [0.1, 0.15) is 30.7 Å². The molecule has 0 fully saturated rings. The summed E-state index contributed by atoms with van der Waals surface area (Å²) in [6, 6.07) is 0. The Labute approximate surface area is 127 Å². The van der Waals surface area contributed by atoms with Crippen molar-refractivity contribution in [3.63, 3.8) is 0 Å². The summed E-state index contributed by atoms with van der Waals surface area (Å²) in [5.41, 5.74) is 1.12. The van der Waals surface area contributed by atoms with Crippen LogP contribution in [0.25, 0.3) is 0 Å². The zero-order valence-electron chi connectivity index (χ0n) is 13.0. The first-order valence-electron chi connectivity index (χ1n) is 7.08. The highest BCUT2D eigenvalue weighted by molar-refractivity contribution is 7.89. The van der Waals surface area contributed by atoms with E-state index in [1.54, 1.807) is 31.7 Å². The Hall–Kier alpha value is -1.18. The van der Waals surface area contributed by atoms with Crippen molar-refractivity contribution >= 4 is 10.0 Å². The molecule has 0 saturated carbocycles. The summed E-state index contributed by atoms with van der Waals surface area (Å²) in [6.07, 6.45) is 3.87. The van der Waals surface area contributed by atoms with Crippen LogP contribution in [0.4, 0.5) is 0 Å². The van der Waals surface area contributed by atoms with Crippen LogP contribution in [-0.4, -0.2) is 47.8 Å². The molecule has 0 unspecified atom stereocenters.